The molecule has 1 aromatic heterocycles. The van der Waals surface area contributed by atoms with E-state index in [1.54, 1.807) is 0 Å². The highest BCUT2D eigenvalue weighted by Gasteiger charge is 2.24. The summed E-state index contributed by atoms with van der Waals surface area (Å²) in [5, 5.41) is 10.5. The number of carbonyl (C=O) groups excluding carboxylic acids is 1. The number of pyridine rings is 1. The van der Waals surface area contributed by atoms with Crippen molar-refractivity contribution in [3.05, 3.63) is 118 Å². The number of Topliss-reactive ketones (excluding diaryl/α,β-unsaturated/α-hetero) is 1. The molecule has 1 atom stereocenters. The lowest BCUT2D eigenvalue weighted by molar-refractivity contribution is 0.102. The van der Waals surface area contributed by atoms with Gasteiger partial charge in [0.1, 0.15) is 11.1 Å². The van der Waals surface area contributed by atoms with Crippen LogP contribution in [0.5, 0.6) is 0 Å². The van der Waals surface area contributed by atoms with Crippen molar-refractivity contribution < 1.29 is 4.79 Å². The highest BCUT2D eigenvalue weighted by atomic mass is 32.2. The van der Waals surface area contributed by atoms with E-state index in [2.05, 4.69) is 60.7 Å². The normalized spacial score (nSPS) is 15.6. The van der Waals surface area contributed by atoms with Crippen LogP contribution in [0.1, 0.15) is 56.2 Å². The van der Waals surface area contributed by atoms with Gasteiger partial charge in [0.05, 0.1) is 11.3 Å². The standard InChI is InChI=1S/C31H24N2OS/c32-18-26-17-25-14-21(20-6-2-1-3-7-20)11-13-29(25)33-31(26)35-19-30(34)23-10-12-28-24(16-23)15-22-8-4-5-9-27(22)28/h1-10,12,16-17,21H,11,13-15,19H2. The van der Waals surface area contributed by atoms with Crippen molar-refractivity contribution in [1.29, 1.82) is 5.26 Å². The molecule has 0 bridgehead atoms. The third-order valence-corrected chi connectivity index (χ3v) is 8.19. The Morgan fingerprint density at radius 3 is 2.60 bits per heavy atom. The zero-order chi connectivity index (χ0) is 23.8. The Balaban J connectivity index is 1.18. The smallest absolute Gasteiger partial charge is 0.173 e. The Labute approximate surface area is 209 Å². The van der Waals surface area contributed by atoms with Gasteiger partial charge in [-0.05, 0) is 77.1 Å². The largest absolute Gasteiger partial charge is 0.293 e. The van der Waals surface area contributed by atoms with Crippen molar-refractivity contribution in [2.45, 2.75) is 36.6 Å². The van der Waals surface area contributed by atoms with E-state index in [9.17, 15) is 10.1 Å². The molecule has 2 aliphatic carbocycles. The summed E-state index contributed by atoms with van der Waals surface area (Å²) < 4.78 is 0. The second-order valence-corrected chi connectivity index (χ2v) is 10.3. The van der Waals surface area contributed by atoms with Gasteiger partial charge in [0.15, 0.2) is 5.78 Å². The minimum absolute atomic E-state index is 0.0707. The summed E-state index contributed by atoms with van der Waals surface area (Å²) in [5.74, 6) is 0.808. The predicted molar refractivity (Wildman–Crippen MR) is 140 cm³/mol. The summed E-state index contributed by atoms with van der Waals surface area (Å²) in [6, 6.07) is 29.3. The molecule has 1 heterocycles. The van der Waals surface area contributed by atoms with Crippen LogP contribution in [0.15, 0.2) is 83.9 Å². The minimum Gasteiger partial charge on any atom is -0.293 e. The molecular weight excluding hydrogens is 448 g/mol. The molecule has 0 aliphatic heterocycles. The van der Waals surface area contributed by atoms with Crippen molar-refractivity contribution in [1.82, 2.24) is 4.98 Å². The van der Waals surface area contributed by atoms with Crippen molar-refractivity contribution in [2.24, 2.45) is 0 Å². The van der Waals surface area contributed by atoms with Crippen molar-refractivity contribution in [2.75, 3.05) is 5.75 Å². The summed E-state index contributed by atoms with van der Waals surface area (Å²) in [4.78, 5) is 17.9. The number of thioether (sulfide) groups is 1. The molecule has 4 aromatic rings. The molecule has 2 aliphatic rings. The van der Waals surface area contributed by atoms with Gasteiger partial charge in [0.25, 0.3) is 0 Å². The van der Waals surface area contributed by atoms with Crippen LogP contribution < -0.4 is 0 Å². The number of aromatic nitrogens is 1. The van der Waals surface area contributed by atoms with Gasteiger partial charge in [-0.2, -0.15) is 5.26 Å². The number of carbonyl (C=O) groups is 1. The Morgan fingerprint density at radius 1 is 0.943 bits per heavy atom. The average molecular weight is 473 g/mol. The summed E-state index contributed by atoms with van der Waals surface area (Å²) in [6.07, 6.45) is 3.72. The van der Waals surface area contributed by atoms with Gasteiger partial charge in [-0.25, -0.2) is 4.98 Å². The first kappa shape index (κ1) is 21.8. The molecule has 0 saturated heterocycles. The number of hydrogen-bond acceptors (Lipinski definition) is 4. The second kappa shape index (κ2) is 9.17. The third-order valence-electron chi connectivity index (χ3n) is 7.20. The summed E-state index contributed by atoms with van der Waals surface area (Å²) >= 11 is 1.38. The van der Waals surface area contributed by atoms with E-state index in [-0.39, 0.29) is 11.5 Å². The maximum Gasteiger partial charge on any atom is 0.173 e. The number of nitriles is 1. The van der Waals surface area contributed by atoms with Crippen LogP contribution in [0.25, 0.3) is 11.1 Å². The number of aryl methyl sites for hydroxylation is 1. The van der Waals surface area contributed by atoms with E-state index >= 15 is 0 Å². The topological polar surface area (TPSA) is 53.8 Å². The first-order valence-corrected chi connectivity index (χ1v) is 13.0. The van der Waals surface area contributed by atoms with Crippen LogP contribution in [0.4, 0.5) is 0 Å². The van der Waals surface area contributed by atoms with Crippen LogP contribution in [0.3, 0.4) is 0 Å². The molecular formula is C31H24N2OS. The fourth-order valence-corrected chi connectivity index (χ4v) is 6.25. The lowest BCUT2D eigenvalue weighted by atomic mass is 9.82. The van der Waals surface area contributed by atoms with Crippen LogP contribution in [-0.2, 0) is 19.3 Å². The average Bonchev–Trinajstić information content (AvgIpc) is 3.29. The molecule has 0 amide bonds. The fourth-order valence-electron chi connectivity index (χ4n) is 5.38. The molecule has 4 heteroatoms. The quantitative estimate of drug-likeness (QED) is 0.209. The monoisotopic (exact) mass is 472 g/mol. The lowest BCUT2D eigenvalue weighted by Crippen LogP contribution is -2.15. The van der Waals surface area contributed by atoms with E-state index in [1.165, 1.54) is 39.6 Å². The van der Waals surface area contributed by atoms with E-state index in [1.807, 2.05) is 24.3 Å². The Hall–Kier alpha value is -3.68. The van der Waals surface area contributed by atoms with Crippen LogP contribution in [-0.4, -0.2) is 16.5 Å². The number of ketones is 1. The van der Waals surface area contributed by atoms with E-state index in [0.29, 0.717) is 16.5 Å². The van der Waals surface area contributed by atoms with Crippen LogP contribution in [0, 0.1) is 11.3 Å². The van der Waals surface area contributed by atoms with Gasteiger partial charge in [-0.3, -0.25) is 4.79 Å². The first-order chi connectivity index (χ1) is 17.2. The Bertz CT molecular complexity index is 1490. The SMILES string of the molecule is N#Cc1cc2c(nc1SCC(=O)c1ccc3c(c1)Cc1ccccc1-3)CCC(c1ccccc1)C2. The van der Waals surface area contributed by atoms with Gasteiger partial charge >= 0.3 is 0 Å². The second-order valence-electron chi connectivity index (χ2n) is 9.33. The Morgan fingerprint density at radius 2 is 1.74 bits per heavy atom. The summed E-state index contributed by atoms with van der Waals surface area (Å²) in [6.45, 7) is 0. The zero-order valence-electron chi connectivity index (χ0n) is 19.3. The summed E-state index contributed by atoms with van der Waals surface area (Å²) in [5.41, 5.74) is 9.89. The van der Waals surface area contributed by atoms with Gasteiger partial charge in [-0.15, -0.1) is 0 Å². The van der Waals surface area contributed by atoms with Gasteiger partial charge in [0.2, 0.25) is 0 Å². The van der Waals surface area contributed by atoms with Crippen molar-refractivity contribution in [3.8, 4) is 17.2 Å². The van der Waals surface area contributed by atoms with Crippen molar-refractivity contribution >= 4 is 17.5 Å². The molecule has 0 N–H and O–H groups in total. The minimum atomic E-state index is 0.0707. The van der Waals surface area contributed by atoms with Crippen molar-refractivity contribution in [3.63, 3.8) is 0 Å². The molecule has 170 valence electrons. The first-order valence-electron chi connectivity index (χ1n) is 12.0. The molecule has 35 heavy (non-hydrogen) atoms. The molecule has 1 unspecified atom stereocenters. The number of benzene rings is 3. The number of hydrogen-bond donors (Lipinski definition) is 0. The lowest BCUT2D eigenvalue weighted by Gasteiger charge is -2.25. The molecule has 0 radical (unpaired) electrons. The van der Waals surface area contributed by atoms with Gasteiger partial charge in [0, 0.05) is 11.3 Å². The van der Waals surface area contributed by atoms with E-state index in [4.69, 9.17) is 4.98 Å². The highest BCUT2D eigenvalue weighted by Crippen LogP contribution is 2.37. The predicted octanol–water partition coefficient (Wildman–Crippen LogP) is 6.77. The van der Waals surface area contributed by atoms with Gasteiger partial charge in [-0.1, -0.05) is 78.5 Å². The molecule has 3 nitrogen and oxygen atoms in total. The molecule has 6 rings (SSSR count). The maximum absolute atomic E-state index is 13.0. The summed E-state index contributed by atoms with van der Waals surface area (Å²) in [7, 11) is 0. The molecule has 0 saturated carbocycles. The van der Waals surface area contributed by atoms with Crippen LogP contribution in [0.2, 0.25) is 0 Å². The third kappa shape index (κ3) is 4.17. The van der Waals surface area contributed by atoms with Crippen LogP contribution >= 0.6 is 11.8 Å². The van der Waals surface area contributed by atoms with E-state index in [0.717, 1.165) is 42.5 Å². The maximum atomic E-state index is 13.0. The Kier molecular flexibility index (Phi) is 5.72. The van der Waals surface area contributed by atoms with E-state index < -0.39 is 0 Å². The molecule has 3 aromatic carbocycles. The fraction of sp³-hybridized carbons (Fsp3) is 0.194. The zero-order valence-corrected chi connectivity index (χ0v) is 20.1. The highest BCUT2D eigenvalue weighted by molar-refractivity contribution is 8.00. The van der Waals surface area contributed by atoms with Gasteiger partial charge < -0.3 is 0 Å². The number of rotatable bonds is 5. The molecule has 0 fully saturated rings. The molecule has 0 spiro atoms. The number of nitrogens with zero attached hydrogens (tertiary/aromatic N) is 2. The number of fused-ring (bicyclic) bond motifs is 4.